The van der Waals surface area contributed by atoms with Gasteiger partial charge in [-0.15, -0.1) is 0 Å². The predicted octanol–water partition coefficient (Wildman–Crippen LogP) is 5.06. The topological polar surface area (TPSA) is 53.2 Å². The molecule has 0 saturated heterocycles. The molecule has 140 valence electrons. The van der Waals surface area contributed by atoms with E-state index in [9.17, 15) is 4.79 Å². The van der Waals surface area contributed by atoms with Crippen LogP contribution < -0.4 is 16.0 Å². The SMILES string of the molecule is CCCCCCC(=O)NC(NC(=S)Nc1ccc(C)cc1)C(Cl)(Cl)Cl. The molecule has 3 N–H and O–H groups in total. The Kier molecular flexibility index (Phi) is 9.87. The van der Waals surface area contributed by atoms with Crippen LogP contribution in [0.1, 0.15) is 44.6 Å². The second-order valence-electron chi connectivity index (χ2n) is 5.82. The van der Waals surface area contributed by atoms with Gasteiger partial charge in [0.05, 0.1) is 0 Å². The van der Waals surface area contributed by atoms with Crippen molar-refractivity contribution in [3.8, 4) is 0 Å². The van der Waals surface area contributed by atoms with E-state index in [0.717, 1.165) is 36.9 Å². The van der Waals surface area contributed by atoms with Gasteiger partial charge in [-0.05, 0) is 37.7 Å². The van der Waals surface area contributed by atoms with Crippen LogP contribution in [-0.2, 0) is 4.79 Å². The highest BCUT2D eigenvalue weighted by atomic mass is 35.6. The molecule has 0 spiro atoms. The van der Waals surface area contributed by atoms with Crippen LogP contribution in [0.3, 0.4) is 0 Å². The van der Waals surface area contributed by atoms with E-state index in [0.29, 0.717) is 6.42 Å². The summed E-state index contributed by atoms with van der Waals surface area (Å²) in [6, 6.07) is 7.69. The van der Waals surface area contributed by atoms with Crippen LogP contribution >= 0.6 is 47.0 Å². The third-order valence-electron chi connectivity index (χ3n) is 3.47. The highest BCUT2D eigenvalue weighted by Gasteiger charge is 2.34. The van der Waals surface area contributed by atoms with Crippen LogP contribution in [0, 0.1) is 6.92 Å². The maximum Gasteiger partial charge on any atom is 0.228 e. The summed E-state index contributed by atoms with van der Waals surface area (Å²) in [4.78, 5) is 12.0. The first-order valence-electron chi connectivity index (χ1n) is 8.22. The molecule has 8 heteroatoms. The molecular formula is C17H24Cl3N3OS. The van der Waals surface area contributed by atoms with Gasteiger partial charge in [-0.1, -0.05) is 78.7 Å². The molecule has 1 atom stereocenters. The van der Waals surface area contributed by atoms with Crippen molar-refractivity contribution in [2.24, 2.45) is 0 Å². The van der Waals surface area contributed by atoms with E-state index in [1.165, 1.54) is 0 Å². The third kappa shape index (κ3) is 9.50. The Bertz CT molecular complexity index is 561. The Hall–Kier alpha value is -0.750. The van der Waals surface area contributed by atoms with Crippen molar-refractivity contribution in [3.63, 3.8) is 0 Å². The summed E-state index contributed by atoms with van der Waals surface area (Å²) in [5.74, 6) is -0.182. The molecular weight excluding hydrogens is 401 g/mol. The predicted molar refractivity (Wildman–Crippen MR) is 112 cm³/mol. The molecule has 0 fully saturated rings. The van der Waals surface area contributed by atoms with Crippen molar-refractivity contribution in [1.82, 2.24) is 10.6 Å². The molecule has 0 heterocycles. The van der Waals surface area contributed by atoms with Crippen molar-refractivity contribution in [1.29, 1.82) is 0 Å². The molecule has 4 nitrogen and oxygen atoms in total. The monoisotopic (exact) mass is 423 g/mol. The number of thiocarbonyl (C=S) groups is 1. The van der Waals surface area contributed by atoms with Gasteiger partial charge < -0.3 is 16.0 Å². The number of unbranched alkanes of at least 4 members (excludes halogenated alkanes) is 3. The Balaban J connectivity index is 2.56. The first-order valence-corrected chi connectivity index (χ1v) is 9.77. The van der Waals surface area contributed by atoms with E-state index in [1.54, 1.807) is 0 Å². The van der Waals surface area contributed by atoms with Crippen molar-refractivity contribution in [2.45, 2.75) is 55.9 Å². The Morgan fingerprint density at radius 1 is 1.12 bits per heavy atom. The number of rotatable bonds is 8. The largest absolute Gasteiger partial charge is 0.339 e. The number of hydrogen-bond acceptors (Lipinski definition) is 2. The van der Waals surface area contributed by atoms with Crippen LogP contribution in [0.4, 0.5) is 5.69 Å². The number of halogens is 3. The van der Waals surface area contributed by atoms with Crippen LogP contribution in [0.5, 0.6) is 0 Å². The minimum atomic E-state index is -1.74. The van der Waals surface area contributed by atoms with Gasteiger partial charge in [0.2, 0.25) is 9.70 Å². The molecule has 1 rings (SSSR count). The maximum atomic E-state index is 12.0. The van der Waals surface area contributed by atoms with Crippen molar-refractivity contribution < 1.29 is 4.79 Å². The van der Waals surface area contributed by atoms with Crippen LogP contribution in [0.2, 0.25) is 0 Å². The van der Waals surface area contributed by atoms with E-state index in [-0.39, 0.29) is 11.0 Å². The Morgan fingerprint density at radius 3 is 2.32 bits per heavy atom. The lowest BCUT2D eigenvalue weighted by Gasteiger charge is -2.27. The zero-order valence-corrected chi connectivity index (χ0v) is 17.5. The number of amides is 1. The number of nitrogens with one attached hydrogen (secondary N) is 3. The van der Waals surface area contributed by atoms with E-state index in [2.05, 4.69) is 22.9 Å². The Morgan fingerprint density at radius 2 is 1.76 bits per heavy atom. The average Bonchev–Trinajstić information content (AvgIpc) is 2.52. The Labute approximate surface area is 170 Å². The van der Waals surface area contributed by atoms with Crippen molar-refractivity contribution >= 4 is 63.7 Å². The zero-order chi connectivity index (χ0) is 18.9. The zero-order valence-electron chi connectivity index (χ0n) is 14.4. The second-order valence-corrected chi connectivity index (χ2v) is 8.59. The molecule has 1 aromatic rings. The van der Waals surface area contributed by atoms with E-state index in [4.69, 9.17) is 47.0 Å². The van der Waals surface area contributed by atoms with Gasteiger partial charge in [0.25, 0.3) is 0 Å². The number of carbonyl (C=O) groups excluding carboxylic acids is 1. The fraction of sp³-hybridized carbons (Fsp3) is 0.529. The molecule has 0 aromatic heterocycles. The number of aryl methyl sites for hydroxylation is 1. The standard InChI is InChI=1S/C17H24Cl3N3OS/c1-3-4-5-6-7-14(24)22-15(17(18,19)20)23-16(25)21-13-10-8-12(2)9-11-13/h8-11,15H,3-7H2,1-2H3,(H,22,24)(H2,21,23,25). The third-order valence-corrected chi connectivity index (χ3v) is 4.35. The summed E-state index contributed by atoms with van der Waals surface area (Å²) >= 11 is 23.1. The molecule has 1 amide bonds. The minimum Gasteiger partial charge on any atom is -0.339 e. The fourth-order valence-corrected chi connectivity index (χ4v) is 2.64. The number of anilines is 1. The number of hydrogen-bond donors (Lipinski definition) is 3. The molecule has 1 unspecified atom stereocenters. The normalized spacial score (nSPS) is 12.4. The smallest absolute Gasteiger partial charge is 0.228 e. The summed E-state index contributed by atoms with van der Waals surface area (Å²) in [7, 11) is 0. The lowest BCUT2D eigenvalue weighted by atomic mass is 10.1. The molecule has 1 aromatic carbocycles. The highest BCUT2D eigenvalue weighted by molar-refractivity contribution is 7.80. The molecule has 0 radical (unpaired) electrons. The highest BCUT2D eigenvalue weighted by Crippen LogP contribution is 2.29. The quantitative estimate of drug-likeness (QED) is 0.236. The first kappa shape index (κ1) is 22.3. The van der Waals surface area contributed by atoms with Crippen LogP contribution in [0.25, 0.3) is 0 Å². The molecule has 0 aliphatic heterocycles. The van der Waals surface area contributed by atoms with Gasteiger partial charge in [-0.3, -0.25) is 4.79 Å². The van der Waals surface area contributed by atoms with Gasteiger partial charge in [0, 0.05) is 12.1 Å². The summed E-state index contributed by atoms with van der Waals surface area (Å²) in [5, 5.41) is 8.79. The van der Waals surface area contributed by atoms with Crippen molar-refractivity contribution in [3.05, 3.63) is 29.8 Å². The van der Waals surface area contributed by atoms with Gasteiger partial charge >= 0.3 is 0 Å². The number of carbonyl (C=O) groups is 1. The van der Waals surface area contributed by atoms with Crippen LogP contribution in [-0.4, -0.2) is 21.0 Å². The average molecular weight is 425 g/mol. The van der Waals surface area contributed by atoms with Gasteiger partial charge in [-0.25, -0.2) is 0 Å². The lowest BCUT2D eigenvalue weighted by Crippen LogP contribution is -2.56. The summed E-state index contributed by atoms with van der Waals surface area (Å²) in [5.41, 5.74) is 1.94. The van der Waals surface area contributed by atoms with E-state index >= 15 is 0 Å². The number of alkyl halides is 3. The minimum absolute atomic E-state index is 0.182. The van der Waals surface area contributed by atoms with E-state index in [1.807, 2.05) is 31.2 Å². The summed E-state index contributed by atoms with van der Waals surface area (Å²) in [6.07, 6.45) is 3.48. The molecule has 25 heavy (non-hydrogen) atoms. The second kappa shape index (κ2) is 11.1. The van der Waals surface area contributed by atoms with E-state index < -0.39 is 9.96 Å². The fourth-order valence-electron chi connectivity index (χ4n) is 2.08. The molecule has 0 aliphatic carbocycles. The maximum absolute atomic E-state index is 12.0. The van der Waals surface area contributed by atoms with Crippen LogP contribution in [0.15, 0.2) is 24.3 Å². The summed E-state index contributed by atoms with van der Waals surface area (Å²) < 4.78 is -1.74. The molecule has 0 aliphatic rings. The molecule has 0 saturated carbocycles. The van der Waals surface area contributed by atoms with Gasteiger partial charge in [0.1, 0.15) is 6.17 Å². The summed E-state index contributed by atoms with van der Waals surface area (Å²) in [6.45, 7) is 4.11. The van der Waals surface area contributed by atoms with Crippen molar-refractivity contribution in [2.75, 3.05) is 5.32 Å². The van der Waals surface area contributed by atoms with Gasteiger partial charge in [0.15, 0.2) is 5.11 Å². The number of benzene rings is 1. The first-order chi connectivity index (χ1) is 11.7. The van der Waals surface area contributed by atoms with Gasteiger partial charge in [-0.2, -0.15) is 0 Å². The molecule has 0 bridgehead atoms. The lowest BCUT2D eigenvalue weighted by molar-refractivity contribution is -0.122.